The summed E-state index contributed by atoms with van der Waals surface area (Å²) in [4.78, 5) is 15.5. The average Bonchev–Trinajstić information content (AvgIpc) is 3.11. The van der Waals surface area contributed by atoms with Crippen LogP contribution in [0.5, 0.6) is 0 Å². The van der Waals surface area contributed by atoms with Crippen LogP contribution in [0.2, 0.25) is 0 Å². The lowest BCUT2D eigenvalue weighted by Crippen LogP contribution is -2.18. The number of carbonyl (C=O) groups excluding carboxylic acids is 1. The van der Waals surface area contributed by atoms with E-state index in [-0.39, 0.29) is 11.9 Å². The maximum atomic E-state index is 11.6. The van der Waals surface area contributed by atoms with Gasteiger partial charge in [0.25, 0.3) is 0 Å². The molecule has 128 valence electrons. The Kier molecular flexibility index (Phi) is 6.26. The van der Waals surface area contributed by atoms with E-state index in [1.807, 2.05) is 44.2 Å². The van der Waals surface area contributed by atoms with Crippen LogP contribution in [0.25, 0.3) is 6.08 Å². The van der Waals surface area contributed by atoms with Crippen molar-refractivity contribution in [1.29, 1.82) is 0 Å². The van der Waals surface area contributed by atoms with Crippen molar-refractivity contribution in [2.75, 3.05) is 7.11 Å². The summed E-state index contributed by atoms with van der Waals surface area (Å²) in [5, 5.41) is 14.4. The molecule has 2 unspecified atom stereocenters. The van der Waals surface area contributed by atoms with Gasteiger partial charge in [-0.3, -0.25) is 9.48 Å². The van der Waals surface area contributed by atoms with Gasteiger partial charge in [0.05, 0.1) is 25.7 Å². The Bertz CT molecular complexity index is 678. The number of esters is 1. The molecular weight excluding hydrogens is 306 g/mol. The summed E-state index contributed by atoms with van der Waals surface area (Å²) >= 11 is 0. The molecule has 0 saturated carbocycles. The first-order chi connectivity index (χ1) is 11.5. The molecule has 1 aromatic carbocycles. The Morgan fingerprint density at radius 3 is 2.62 bits per heavy atom. The number of aromatic nitrogens is 3. The van der Waals surface area contributed by atoms with Crippen LogP contribution < -0.4 is 0 Å². The monoisotopic (exact) mass is 329 g/mol. The van der Waals surface area contributed by atoms with Crippen molar-refractivity contribution in [3.8, 4) is 0 Å². The third-order valence-electron chi connectivity index (χ3n) is 4.01. The first-order valence-electron chi connectivity index (χ1n) is 7.93. The van der Waals surface area contributed by atoms with Crippen LogP contribution in [-0.2, 0) is 16.1 Å². The molecule has 0 saturated heterocycles. The Labute approximate surface area is 141 Å². The molecule has 0 aliphatic rings. The van der Waals surface area contributed by atoms with Crippen LogP contribution in [0.1, 0.15) is 37.3 Å². The van der Waals surface area contributed by atoms with E-state index in [0.29, 0.717) is 6.54 Å². The lowest BCUT2D eigenvalue weighted by molar-refractivity contribution is -0.141. The highest BCUT2D eigenvalue weighted by molar-refractivity contribution is 5.77. The minimum Gasteiger partial charge on any atom is -0.469 e. The molecule has 2 rings (SSSR count). The number of ether oxygens (including phenoxy) is 1. The Balaban J connectivity index is 2.11. The number of aliphatic hydroxyl groups excluding tert-OH is 1. The van der Waals surface area contributed by atoms with Crippen LogP contribution in [0.3, 0.4) is 0 Å². The fraction of sp³-hybridized carbons (Fsp3) is 0.389. The predicted octanol–water partition coefficient (Wildman–Crippen LogP) is 2.41. The molecule has 0 spiro atoms. The minimum absolute atomic E-state index is 0.254. The number of rotatable bonds is 7. The summed E-state index contributed by atoms with van der Waals surface area (Å²) in [5.41, 5.74) is 2.80. The van der Waals surface area contributed by atoms with Crippen molar-refractivity contribution in [3.63, 3.8) is 0 Å². The summed E-state index contributed by atoms with van der Waals surface area (Å²) in [6.07, 6.45) is 5.11. The fourth-order valence-corrected chi connectivity index (χ4v) is 2.46. The number of hydrogen-bond acceptors (Lipinski definition) is 5. The number of methoxy groups -OCH3 is 1. The van der Waals surface area contributed by atoms with Gasteiger partial charge in [-0.25, -0.2) is 4.98 Å². The molecular formula is C18H23N3O3. The first kappa shape index (κ1) is 17.9. The highest BCUT2D eigenvalue weighted by Crippen LogP contribution is 2.20. The molecule has 24 heavy (non-hydrogen) atoms. The molecule has 0 amide bonds. The second kappa shape index (κ2) is 8.40. The maximum absolute atomic E-state index is 11.6. The van der Waals surface area contributed by atoms with E-state index < -0.39 is 6.10 Å². The number of carbonyl (C=O) groups is 1. The van der Waals surface area contributed by atoms with Crippen LogP contribution >= 0.6 is 0 Å². The van der Waals surface area contributed by atoms with Gasteiger partial charge in [-0.1, -0.05) is 37.3 Å². The molecule has 6 heteroatoms. The summed E-state index contributed by atoms with van der Waals surface area (Å²) < 4.78 is 6.37. The van der Waals surface area contributed by atoms with E-state index in [2.05, 4.69) is 10.1 Å². The highest BCUT2D eigenvalue weighted by Gasteiger charge is 2.15. The zero-order valence-corrected chi connectivity index (χ0v) is 14.2. The molecule has 1 N–H and O–H groups in total. The van der Waals surface area contributed by atoms with Gasteiger partial charge in [0.2, 0.25) is 0 Å². The van der Waals surface area contributed by atoms with Crippen molar-refractivity contribution in [2.45, 2.75) is 38.8 Å². The van der Waals surface area contributed by atoms with E-state index in [9.17, 15) is 9.90 Å². The molecule has 0 aliphatic carbocycles. The summed E-state index contributed by atoms with van der Waals surface area (Å²) in [6.45, 7) is 4.19. The normalized spacial score (nSPS) is 14.2. The first-order valence-corrected chi connectivity index (χ1v) is 7.93. The second-order valence-corrected chi connectivity index (χ2v) is 5.62. The third-order valence-corrected chi connectivity index (χ3v) is 4.01. The summed E-state index contributed by atoms with van der Waals surface area (Å²) in [5.74, 6) is -0.549. The van der Waals surface area contributed by atoms with Gasteiger partial charge in [0.15, 0.2) is 0 Å². The largest absolute Gasteiger partial charge is 0.469 e. The zero-order valence-electron chi connectivity index (χ0n) is 14.2. The molecule has 2 atom stereocenters. The standard InChI is InChI=1S/C18H23N3O3/c1-4-15(17(22)10-21-12-19-11-20-21)9-14-5-7-16(8-6-14)13(2)18(23)24-3/h5-9,11-13,17,22H,4,10H2,1-3H3. The van der Waals surface area contributed by atoms with E-state index in [1.165, 1.54) is 13.4 Å². The summed E-state index contributed by atoms with van der Waals surface area (Å²) in [7, 11) is 1.39. The Morgan fingerprint density at radius 1 is 1.38 bits per heavy atom. The van der Waals surface area contributed by atoms with E-state index in [0.717, 1.165) is 23.1 Å². The third kappa shape index (κ3) is 4.52. The van der Waals surface area contributed by atoms with Gasteiger partial charge in [0.1, 0.15) is 12.7 Å². The quantitative estimate of drug-likeness (QED) is 0.789. The van der Waals surface area contributed by atoms with E-state index in [4.69, 9.17) is 4.74 Å². The van der Waals surface area contributed by atoms with Gasteiger partial charge in [-0.15, -0.1) is 0 Å². The molecule has 1 aromatic heterocycles. The zero-order chi connectivity index (χ0) is 17.5. The van der Waals surface area contributed by atoms with Crippen LogP contribution in [0, 0.1) is 0 Å². The van der Waals surface area contributed by atoms with Crippen molar-refractivity contribution >= 4 is 12.0 Å². The van der Waals surface area contributed by atoms with Gasteiger partial charge < -0.3 is 9.84 Å². The van der Waals surface area contributed by atoms with E-state index >= 15 is 0 Å². The van der Waals surface area contributed by atoms with Crippen molar-refractivity contribution in [3.05, 3.63) is 53.6 Å². The lowest BCUT2D eigenvalue weighted by Gasteiger charge is -2.14. The van der Waals surface area contributed by atoms with Crippen LogP contribution in [0.4, 0.5) is 0 Å². The highest BCUT2D eigenvalue weighted by atomic mass is 16.5. The predicted molar refractivity (Wildman–Crippen MR) is 91.2 cm³/mol. The van der Waals surface area contributed by atoms with Gasteiger partial charge in [-0.2, -0.15) is 5.10 Å². The maximum Gasteiger partial charge on any atom is 0.312 e. The second-order valence-electron chi connectivity index (χ2n) is 5.62. The molecule has 2 aromatic rings. The van der Waals surface area contributed by atoms with Gasteiger partial charge in [-0.05, 0) is 30.0 Å². The topological polar surface area (TPSA) is 77.2 Å². The van der Waals surface area contributed by atoms with Crippen molar-refractivity contribution in [2.24, 2.45) is 0 Å². The Morgan fingerprint density at radius 2 is 2.08 bits per heavy atom. The van der Waals surface area contributed by atoms with Crippen molar-refractivity contribution in [1.82, 2.24) is 14.8 Å². The smallest absolute Gasteiger partial charge is 0.312 e. The SMILES string of the molecule is CCC(=Cc1ccc(C(C)C(=O)OC)cc1)C(O)Cn1cncn1. The molecule has 0 fully saturated rings. The lowest BCUT2D eigenvalue weighted by atomic mass is 9.98. The molecule has 0 radical (unpaired) electrons. The van der Waals surface area contributed by atoms with Gasteiger partial charge >= 0.3 is 5.97 Å². The number of aliphatic hydroxyl groups is 1. The van der Waals surface area contributed by atoms with E-state index in [1.54, 1.807) is 11.0 Å². The van der Waals surface area contributed by atoms with Crippen molar-refractivity contribution < 1.29 is 14.6 Å². The Hall–Kier alpha value is -2.47. The van der Waals surface area contributed by atoms with Gasteiger partial charge in [0, 0.05) is 0 Å². The fourth-order valence-electron chi connectivity index (χ4n) is 2.46. The molecule has 0 aliphatic heterocycles. The number of nitrogens with zero attached hydrogens (tertiary/aromatic N) is 3. The van der Waals surface area contributed by atoms with Crippen LogP contribution in [-0.4, -0.2) is 39.1 Å². The summed E-state index contributed by atoms with van der Waals surface area (Å²) in [6, 6.07) is 7.69. The molecule has 0 bridgehead atoms. The molecule has 1 heterocycles. The minimum atomic E-state index is -0.620. The average molecular weight is 329 g/mol. The van der Waals surface area contributed by atoms with Crippen LogP contribution in [0.15, 0.2) is 42.5 Å². The number of hydrogen-bond donors (Lipinski definition) is 1. The molecule has 6 nitrogen and oxygen atoms in total. The number of benzene rings is 1.